The molecular weight excluding hydrogens is 232 g/mol. The lowest BCUT2D eigenvalue weighted by Crippen LogP contribution is -2.16. The van der Waals surface area contributed by atoms with Gasteiger partial charge in [-0.05, 0) is 5.56 Å². The predicted octanol–water partition coefficient (Wildman–Crippen LogP) is 1.70. The third kappa shape index (κ3) is 3.87. The average molecular weight is 248 g/mol. The Bertz CT molecular complexity index is 441. The molecule has 0 atom stereocenters. The molecule has 2 aromatic rings. The van der Waals surface area contributed by atoms with Gasteiger partial charge < -0.3 is 9.88 Å². The highest BCUT2D eigenvalue weighted by Gasteiger charge is 2.00. The second-order valence-electron chi connectivity index (χ2n) is 3.74. The first-order valence-corrected chi connectivity index (χ1v) is 6.56. The summed E-state index contributed by atoms with van der Waals surface area (Å²) in [6.45, 7) is 1.88. The van der Waals surface area contributed by atoms with Crippen LogP contribution >= 0.6 is 11.8 Å². The summed E-state index contributed by atoms with van der Waals surface area (Å²) in [6.07, 6.45) is 1.72. The molecule has 0 bridgehead atoms. The molecule has 0 aliphatic heterocycles. The highest BCUT2D eigenvalue weighted by atomic mass is 32.2. The molecule has 17 heavy (non-hydrogen) atoms. The molecule has 1 heterocycles. The van der Waals surface area contributed by atoms with E-state index in [9.17, 15) is 0 Å². The number of aromatic nitrogens is 3. The maximum Gasteiger partial charge on any atom is 0.190 e. The maximum absolute atomic E-state index is 4.02. The molecule has 0 saturated carbocycles. The fourth-order valence-corrected chi connectivity index (χ4v) is 2.23. The second-order valence-corrected chi connectivity index (χ2v) is 4.80. The zero-order valence-corrected chi connectivity index (χ0v) is 10.7. The van der Waals surface area contributed by atoms with Crippen molar-refractivity contribution in [3.63, 3.8) is 0 Å². The highest BCUT2D eigenvalue weighted by Crippen LogP contribution is 2.11. The molecule has 1 N–H and O–H groups in total. The van der Waals surface area contributed by atoms with E-state index in [0.717, 1.165) is 24.0 Å². The standard InChI is InChI=1S/C12H16N4S/c1-16-10-14-15-12(16)17-8-7-13-9-11-5-3-2-4-6-11/h2-6,10,13H,7-9H2,1H3. The summed E-state index contributed by atoms with van der Waals surface area (Å²) in [7, 11) is 1.96. The molecule has 0 saturated heterocycles. The van der Waals surface area contributed by atoms with Crippen molar-refractivity contribution in [2.45, 2.75) is 11.7 Å². The van der Waals surface area contributed by atoms with Gasteiger partial charge >= 0.3 is 0 Å². The van der Waals surface area contributed by atoms with Gasteiger partial charge in [-0.3, -0.25) is 0 Å². The van der Waals surface area contributed by atoms with Crippen LogP contribution < -0.4 is 5.32 Å². The normalized spacial score (nSPS) is 10.6. The molecule has 1 aromatic heterocycles. The van der Waals surface area contributed by atoms with Crippen LogP contribution in [0.15, 0.2) is 41.8 Å². The molecule has 0 radical (unpaired) electrons. The summed E-state index contributed by atoms with van der Waals surface area (Å²) in [5.41, 5.74) is 1.32. The Morgan fingerprint density at radius 1 is 1.29 bits per heavy atom. The van der Waals surface area contributed by atoms with Crippen LogP contribution in [0.4, 0.5) is 0 Å². The molecule has 5 heteroatoms. The Morgan fingerprint density at radius 3 is 2.82 bits per heavy atom. The molecule has 0 unspecified atom stereocenters. The van der Waals surface area contributed by atoms with Crippen LogP contribution in [-0.4, -0.2) is 27.1 Å². The number of rotatable bonds is 6. The van der Waals surface area contributed by atoms with Gasteiger partial charge in [-0.25, -0.2) is 0 Å². The summed E-state index contributed by atoms with van der Waals surface area (Å²) >= 11 is 1.72. The van der Waals surface area contributed by atoms with Gasteiger partial charge in [0.05, 0.1) is 0 Å². The van der Waals surface area contributed by atoms with Gasteiger partial charge in [0, 0.05) is 25.9 Å². The Morgan fingerprint density at radius 2 is 2.12 bits per heavy atom. The summed E-state index contributed by atoms with van der Waals surface area (Å²) in [5, 5.41) is 12.2. The first kappa shape index (κ1) is 12.1. The molecular formula is C12H16N4S. The van der Waals surface area contributed by atoms with Gasteiger partial charge in [-0.15, -0.1) is 10.2 Å². The van der Waals surface area contributed by atoms with E-state index in [2.05, 4.69) is 39.8 Å². The Labute approximate surface area is 105 Å². The lowest BCUT2D eigenvalue weighted by molar-refractivity contribution is 0.728. The topological polar surface area (TPSA) is 42.7 Å². The minimum Gasteiger partial charge on any atom is -0.312 e. The van der Waals surface area contributed by atoms with Gasteiger partial charge in [0.2, 0.25) is 0 Å². The molecule has 0 spiro atoms. The summed E-state index contributed by atoms with van der Waals surface area (Å²) < 4.78 is 1.93. The smallest absolute Gasteiger partial charge is 0.190 e. The van der Waals surface area contributed by atoms with Crippen molar-refractivity contribution >= 4 is 11.8 Å². The molecule has 0 fully saturated rings. The lowest BCUT2D eigenvalue weighted by atomic mass is 10.2. The van der Waals surface area contributed by atoms with E-state index in [1.807, 2.05) is 17.7 Å². The maximum atomic E-state index is 4.02. The molecule has 1 aromatic carbocycles. The van der Waals surface area contributed by atoms with Crippen molar-refractivity contribution in [2.24, 2.45) is 7.05 Å². The van der Waals surface area contributed by atoms with Crippen molar-refractivity contribution in [1.82, 2.24) is 20.1 Å². The van der Waals surface area contributed by atoms with Gasteiger partial charge in [0.25, 0.3) is 0 Å². The zero-order valence-electron chi connectivity index (χ0n) is 9.84. The first-order valence-electron chi connectivity index (χ1n) is 5.57. The number of aryl methyl sites for hydroxylation is 1. The van der Waals surface area contributed by atoms with E-state index < -0.39 is 0 Å². The third-order valence-electron chi connectivity index (χ3n) is 2.35. The Balaban J connectivity index is 1.63. The van der Waals surface area contributed by atoms with E-state index in [1.54, 1.807) is 18.1 Å². The Kier molecular flexibility index (Phi) is 4.58. The number of hydrogen-bond donors (Lipinski definition) is 1. The van der Waals surface area contributed by atoms with E-state index in [0.29, 0.717) is 0 Å². The highest BCUT2D eigenvalue weighted by molar-refractivity contribution is 7.99. The van der Waals surface area contributed by atoms with Crippen molar-refractivity contribution in [2.75, 3.05) is 12.3 Å². The molecule has 0 amide bonds. The lowest BCUT2D eigenvalue weighted by Gasteiger charge is -2.04. The molecule has 90 valence electrons. The van der Waals surface area contributed by atoms with E-state index in [-0.39, 0.29) is 0 Å². The second kappa shape index (κ2) is 6.42. The minimum atomic E-state index is 0.917. The molecule has 2 rings (SSSR count). The van der Waals surface area contributed by atoms with Crippen molar-refractivity contribution in [3.05, 3.63) is 42.2 Å². The first-order chi connectivity index (χ1) is 8.36. The van der Waals surface area contributed by atoms with E-state index in [1.165, 1.54) is 5.56 Å². The fourth-order valence-electron chi connectivity index (χ4n) is 1.45. The third-order valence-corrected chi connectivity index (χ3v) is 3.39. The zero-order chi connectivity index (χ0) is 11.9. The van der Waals surface area contributed by atoms with E-state index >= 15 is 0 Å². The van der Waals surface area contributed by atoms with Gasteiger partial charge in [-0.2, -0.15) is 0 Å². The van der Waals surface area contributed by atoms with Crippen LogP contribution in [0, 0.1) is 0 Å². The minimum absolute atomic E-state index is 0.917. The van der Waals surface area contributed by atoms with Gasteiger partial charge in [-0.1, -0.05) is 42.1 Å². The quantitative estimate of drug-likeness (QED) is 0.624. The van der Waals surface area contributed by atoms with Crippen LogP contribution in [0.3, 0.4) is 0 Å². The van der Waals surface area contributed by atoms with E-state index in [4.69, 9.17) is 0 Å². The van der Waals surface area contributed by atoms with Crippen LogP contribution in [0.25, 0.3) is 0 Å². The Hall–Kier alpha value is -1.33. The van der Waals surface area contributed by atoms with Gasteiger partial charge in [0.1, 0.15) is 6.33 Å². The summed E-state index contributed by atoms with van der Waals surface area (Å²) in [6, 6.07) is 10.4. The van der Waals surface area contributed by atoms with Crippen molar-refractivity contribution < 1.29 is 0 Å². The largest absolute Gasteiger partial charge is 0.312 e. The fraction of sp³-hybridized carbons (Fsp3) is 0.333. The predicted molar refractivity (Wildman–Crippen MR) is 69.9 cm³/mol. The number of nitrogens with one attached hydrogen (secondary N) is 1. The van der Waals surface area contributed by atoms with Crippen molar-refractivity contribution in [1.29, 1.82) is 0 Å². The number of nitrogens with zero attached hydrogens (tertiary/aromatic N) is 3. The molecule has 0 aliphatic rings. The molecule has 0 aliphatic carbocycles. The van der Waals surface area contributed by atoms with Crippen LogP contribution in [-0.2, 0) is 13.6 Å². The monoisotopic (exact) mass is 248 g/mol. The van der Waals surface area contributed by atoms with Crippen LogP contribution in [0.5, 0.6) is 0 Å². The summed E-state index contributed by atoms with van der Waals surface area (Å²) in [4.78, 5) is 0. The van der Waals surface area contributed by atoms with Crippen LogP contribution in [0.2, 0.25) is 0 Å². The number of thioether (sulfide) groups is 1. The summed E-state index contributed by atoms with van der Waals surface area (Å²) in [5.74, 6) is 0.999. The average Bonchev–Trinajstić information content (AvgIpc) is 2.76. The van der Waals surface area contributed by atoms with Crippen LogP contribution in [0.1, 0.15) is 5.56 Å². The van der Waals surface area contributed by atoms with Crippen molar-refractivity contribution in [3.8, 4) is 0 Å². The SMILES string of the molecule is Cn1cnnc1SCCNCc1ccccc1. The number of benzene rings is 1. The molecule has 4 nitrogen and oxygen atoms in total. The number of hydrogen-bond acceptors (Lipinski definition) is 4. The van der Waals surface area contributed by atoms with Gasteiger partial charge in [0.15, 0.2) is 5.16 Å².